The highest BCUT2D eigenvalue weighted by Crippen LogP contribution is 2.51. The van der Waals surface area contributed by atoms with Crippen LogP contribution in [0.25, 0.3) is 90.1 Å². The number of para-hydroxylation sites is 2. The number of benzene rings is 9. The molecule has 12 rings (SSSR count). The molecule has 0 aliphatic heterocycles. The van der Waals surface area contributed by atoms with Crippen molar-refractivity contribution in [1.82, 2.24) is 4.57 Å². The third kappa shape index (κ3) is 5.16. The fourth-order valence-electron chi connectivity index (χ4n) is 8.99. The molecule has 0 radical (unpaired) electrons. The van der Waals surface area contributed by atoms with Gasteiger partial charge >= 0.3 is 0 Å². The van der Waals surface area contributed by atoms with Gasteiger partial charge in [0.1, 0.15) is 0 Å². The van der Waals surface area contributed by atoms with E-state index in [1.54, 1.807) is 0 Å². The Morgan fingerprint density at radius 1 is 0.362 bits per heavy atom. The van der Waals surface area contributed by atoms with Crippen LogP contribution in [0.4, 0.5) is 17.1 Å². The maximum Gasteiger partial charge on any atom is 0.0640 e. The lowest BCUT2D eigenvalue weighted by Crippen LogP contribution is -2.10. The summed E-state index contributed by atoms with van der Waals surface area (Å²) < 4.78 is 7.56. The molecule has 58 heavy (non-hydrogen) atoms. The van der Waals surface area contributed by atoms with E-state index in [9.17, 15) is 0 Å². The van der Waals surface area contributed by atoms with Gasteiger partial charge in [-0.3, -0.25) is 0 Å². The Balaban J connectivity index is 1.10. The molecule has 0 saturated carbocycles. The van der Waals surface area contributed by atoms with Gasteiger partial charge in [-0.05, 0) is 82.9 Å². The molecular formula is C54H34N2S2. The Labute approximate surface area is 343 Å². The summed E-state index contributed by atoms with van der Waals surface area (Å²) in [6.07, 6.45) is 0. The zero-order valence-corrected chi connectivity index (χ0v) is 33.0. The highest BCUT2D eigenvalue weighted by atomic mass is 32.1. The summed E-state index contributed by atoms with van der Waals surface area (Å²) in [6, 6.07) is 75.6. The minimum atomic E-state index is 1.13. The van der Waals surface area contributed by atoms with Crippen LogP contribution in [0.2, 0.25) is 0 Å². The van der Waals surface area contributed by atoms with Crippen LogP contribution in [0, 0.1) is 0 Å². The molecule has 0 N–H and O–H groups in total. The lowest BCUT2D eigenvalue weighted by Gasteiger charge is -2.28. The quantitative estimate of drug-likeness (QED) is 0.163. The smallest absolute Gasteiger partial charge is 0.0640 e. The van der Waals surface area contributed by atoms with E-state index in [2.05, 4.69) is 216 Å². The maximum atomic E-state index is 2.51. The SMILES string of the molecule is c1ccc(-c2ccc(N(c3cccc4c3sc3ccccc34)c3ccc(-c4cccc(-n5c6ccccc6c6ccccc65)c4)c4sc5ccccc5c34)cc2)cc1. The lowest BCUT2D eigenvalue weighted by molar-refractivity contribution is 1.18. The molecule has 0 bridgehead atoms. The number of hydrogen-bond acceptors (Lipinski definition) is 3. The van der Waals surface area contributed by atoms with Crippen molar-refractivity contribution in [2.45, 2.75) is 0 Å². The fraction of sp³-hybridized carbons (Fsp3) is 0. The van der Waals surface area contributed by atoms with Crippen LogP contribution in [0.1, 0.15) is 0 Å². The van der Waals surface area contributed by atoms with Crippen LogP contribution in [-0.4, -0.2) is 4.57 Å². The van der Waals surface area contributed by atoms with Crippen LogP contribution in [0.15, 0.2) is 206 Å². The Kier molecular flexibility index (Phi) is 7.62. The fourth-order valence-corrected chi connectivity index (χ4v) is 11.5. The number of nitrogens with zero attached hydrogens (tertiary/aromatic N) is 2. The van der Waals surface area contributed by atoms with Crippen LogP contribution in [0.3, 0.4) is 0 Å². The molecule has 0 aliphatic rings. The van der Waals surface area contributed by atoms with Crippen molar-refractivity contribution in [2.75, 3.05) is 4.90 Å². The molecule has 0 amide bonds. The summed E-state index contributed by atoms with van der Waals surface area (Å²) in [5, 5.41) is 7.66. The molecule has 0 saturated heterocycles. The van der Waals surface area contributed by atoms with E-state index in [1.165, 1.54) is 95.8 Å². The topological polar surface area (TPSA) is 8.17 Å². The van der Waals surface area contributed by atoms with E-state index >= 15 is 0 Å². The predicted octanol–water partition coefficient (Wildman–Crippen LogP) is 16.3. The summed E-state index contributed by atoms with van der Waals surface area (Å²) in [5.41, 5.74) is 11.9. The van der Waals surface area contributed by atoms with Gasteiger partial charge in [-0.2, -0.15) is 0 Å². The van der Waals surface area contributed by atoms with Gasteiger partial charge in [0.05, 0.1) is 27.1 Å². The van der Waals surface area contributed by atoms with E-state index in [4.69, 9.17) is 0 Å². The van der Waals surface area contributed by atoms with Gasteiger partial charge in [0.15, 0.2) is 0 Å². The van der Waals surface area contributed by atoms with Crippen LogP contribution >= 0.6 is 22.7 Å². The molecule has 9 aromatic carbocycles. The first kappa shape index (κ1) is 33.2. The van der Waals surface area contributed by atoms with Gasteiger partial charge in [-0.25, -0.2) is 0 Å². The van der Waals surface area contributed by atoms with Crippen molar-refractivity contribution >= 4 is 102 Å². The number of thiophene rings is 2. The molecule has 0 fully saturated rings. The molecule has 0 atom stereocenters. The summed E-state index contributed by atoms with van der Waals surface area (Å²) in [5.74, 6) is 0. The van der Waals surface area contributed by atoms with Crippen molar-refractivity contribution < 1.29 is 0 Å². The maximum absolute atomic E-state index is 2.51. The monoisotopic (exact) mass is 774 g/mol. The molecule has 2 nitrogen and oxygen atoms in total. The Hall–Kier alpha value is -6.98. The number of rotatable bonds is 6. The number of fused-ring (bicyclic) bond motifs is 9. The standard InChI is InChI=1S/C54H34N2S2/c1-2-14-35(15-3-1)36-28-30-38(31-29-36)55(49-25-13-22-44-43-20-6-10-26-50(43)57-53(44)49)48-33-32-40(54-52(48)45-21-7-11-27-51(45)58-54)37-16-12-17-39(34-37)56-46-23-8-4-18-41(46)42-19-5-9-24-47(42)56/h1-34H. The predicted molar refractivity (Wildman–Crippen MR) is 252 cm³/mol. The first-order valence-corrected chi connectivity index (χ1v) is 21.3. The van der Waals surface area contributed by atoms with Crippen LogP contribution in [0.5, 0.6) is 0 Å². The van der Waals surface area contributed by atoms with Crippen molar-refractivity contribution in [3.63, 3.8) is 0 Å². The molecule has 0 aliphatic carbocycles. The van der Waals surface area contributed by atoms with Crippen LogP contribution < -0.4 is 4.90 Å². The molecule has 12 aromatic rings. The second-order valence-corrected chi connectivity index (χ2v) is 17.0. The lowest BCUT2D eigenvalue weighted by atomic mass is 9.99. The summed E-state index contributed by atoms with van der Waals surface area (Å²) in [7, 11) is 0. The summed E-state index contributed by atoms with van der Waals surface area (Å²) in [6.45, 7) is 0. The van der Waals surface area contributed by atoms with E-state index in [-0.39, 0.29) is 0 Å². The Morgan fingerprint density at radius 2 is 0.931 bits per heavy atom. The molecular weight excluding hydrogens is 741 g/mol. The van der Waals surface area contributed by atoms with Gasteiger partial charge in [0, 0.05) is 57.8 Å². The minimum Gasteiger partial charge on any atom is -0.309 e. The molecule has 3 aromatic heterocycles. The highest BCUT2D eigenvalue weighted by Gasteiger charge is 2.24. The highest BCUT2D eigenvalue weighted by molar-refractivity contribution is 7.27. The third-order valence-electron chi connectivity index (χ3n) is 11.6. The third-order valence-corrected chi connectivity index (χ3v) is 14.0. The molecule has 4 heteroatoms. The molecule has 272 valence electrons. The van der Waals surface area contributed by atoms with E-state index in [1.807, 2.05) is 22.7 Å². The van der Waals surface area contributed by atoms with E-state index in [0.29, 0.717) is 0 Å². The zero-order valence-electron chi connectivity index (χ0n) is 31.3. The first-order valence-electron chi connectivity index (χ1n) is 19.7. The van der Waals surface area contributed by atoms with E-state index in [0.717, 1.165) is 11.4 Å². The largest absolute Gasteiger partial charge is 0.309 e. The van der Waals surface area contributed by atoms with E-state index < -0.39 is 0 Å². The number of aromatic nitrogens is 1. The first-order chi connectivity index (χ1) is 28.8. The average molecular weight is 775 g/mol. The normalized spacial score (nSPS) is 11.8. The second kappa shape index (κ2) is 13.3. The summed E-state index contributed by atoms with van der Waals surface area (Å²) in [4.78, 5) is 2.51. The van der Waals surface area contributed by atoms with Gasteiger partial charge in [0.25, 0.3) is 0 Å². The molecule has 3 heterocycles. The Morgan fingerprint density at radius 3 is 1.69 bits per heavy atom. The number of anilines is 3. The average Bonchev–Trinajstić information content (AvgIpc) is 3.98. The number of hydrogen-bond donors (Lipinski definition) is 0. The second-order valence-electron chi connectivity index (χ2n) is 14.9. The van der Waals surface area contributed by atoms with Gasteiger partial charge in [0.2, 0.25) is 0 Å². The van der Waals surface area contributed by atoms with Crippen molar-refractivity contribution in [3.8, 4) is 27.9 Å². The van der Waals surface area contributed by atoms with Crippen molar-refractivity contribution in [3.05, 3.63) is 206 Å². The van der Waals surface area contributed by atoms with Gasteiger partial charge < -0.3 is 9.47 Å². The van der Waals surface area contributed by atoms with Crippen molar-refractivity contribution in [1.29, 1.82) is 0 Å². The van der Waals surface area contributed by atoms with Gasteiger partial charge in [-0.15, -0.1) is 22.7 Å². The zero-order chi connectivity index (χ0) is 38.2. The Bertz CT molecular complexity index is 3460. The summed E-state index contributed by atoms with van der Waals surface area (Å²) >= 11 is 3.77. The van der Waals surface area contributed by atoms with Gasteiger partial charge in [-0.1, -0.05) is 146 Å². The molecule has 0 unspecified atom stereocenters. The molecule has 0 spiro atoms. The van der Waals surface area contributed by atoms with Crippen molar-refractivity contribution in [2.24, 2.45) is 0 Å². The van der Waals surface area contributed by atoms with Crippen LogP contribution in [-0.2, 0) is 0 Å². The minimum absolute atomic E-state index is 1.13.